The zero-order valence-electron chi connectivity index (χ0n) is 24.0. The van der Waals surface area contributed by atoms with Crippen LogP contribution >= 0.6 is 0 Å². The molecular formula is C28H58N2O4. The predicted molar refractivity (Wildman–Crippen MR) is 141 cm³/mol. The van der Waals surface area contributed by atoms with E-state index >= 15 is 0 Å². The average Bonchev–Trinajstić information content (AvgIpc) is 2.75. The van der Waals surface area contributed by atoms with Crippen LogP contribution in [0.5, 0.6) is 0 Å². The molecule has 0 saturated heterocycles. The van der Waals surface area contributed by atoms with Gasteiger partial charge >= 0.3 is 0 Å². The lowest BCUT2D eigenvalue weighted by molar-refractivity contribution is -0.928. The highest BCUT2D eigenvalue weighted by Crippen LogP contribution is 2.13. The van der Waals surface area contributed by atoms with Crippen molar-refractivity contribution < 1.29 is 28.8 Å². The van der Waals surface area contributed by atoms with Crippen LogP contribution in [-0.2, 0) is 9.59 Å². The van der Waals surface area contributed by atoms with Crippen molar-refractivity contribution in [3.63, 3.8) is 0 Å². The highest BCUT2D eigenvalue weighted by Gasteiger charge is 2.23. The molecule has 0 bridgehead atoms. The molecule has 0 N–H and O–H groups in total. The Balaban J connectivity index is -0.000000438. The average molecular weight is 487 g/mol. The zero-order chi connectivity index (χ0) is 26.9. The van der Waals surface area contributed by atoms with Crippen molar-refractivity contribution in [3.05, 3.63) is 12.2 Å². The first-order chi connectivity index (χ1) is 16.1. The summed E-state index contributed by atoms with van der Waals surface area (Å²) in [6, 6.07) is 0. The minimum absolute atomic E-state index is 0.384. The molecule has 204 valence electrons. The maximum Gasteiger partial charge on any atom is 0.0783 e. The minimum atomic E-state index is -1.55. The lowest BCUT2D eigenvalue weighted by Gasteiger charge is -2.38. The van der Waals surface area contributed by atoms with Crippen LogP contribution in [0.2, 0.25) is 0 Å². The van der Waals surface area contributed by atoms with E-state index in [1.807, 2.05) is 0 Å². The van der Waals surface area contributed by atoms with Crippen molar-refractivity contribution in [1.82, 2.24) is 0 Å². The van der Waals surface area contributed by atoms with Crippen LogP contribution in [0.15, 0.2) is 12.2 Å². The largest absolute Gasteiger partial charge is 0.545 e. The van der Waals surface area contributed by atoms with Crippen molar-refractivity contribution >= 4 is 11.9 Å². The van der Waals surface area contributed by atoms with Gasteiger partial charge in [-0.05, 0) is 63.5 Å². The van der Waals surface area contributed by atoms with Crippen molar-refractivity contribution in [1.29, 1.82) is 0 Å². The van der Waals surface area contributed by atoms with Gasteiger partial charge in [0.05, 0.1) is 64.3 Å². The first kappa shape index (κ1) is 37.2. The van der Waals surface area contributed by atoms with E-state index in [1.54, 1.807) is 0 Å². The molecule has 0 unspecified atom stereocenters. The fourth-order valence-corrected chi connectivity index (χ4v) is 5.27. The number of rotatable bonds is 18. The van der Waals surface area contributed by atoms with E-state index in [2.05, 4.69) is 55.4 Å². The van der Waals surface area contributed by atoms with Crippen LogP contribution in [0.3, 0.4) is 0 Å². The third-order valence-electron chi connectivity index (χ3n) is 5.94. The summed E-state index contributed by atoms with van der Waals surface area (Å²) in [6.07, 6.45) is 11.4. The van der Waals surface area contributed by atoms with Crippen molar-refractivity contribution in [2.24, 2.45) is 0 Å². The Morgan fingerprint density at radius 1 is 0.441 bits per heavy atom. The summed E-state index contributed by atoms with van der Waals surface area (Å²) in [5.74, 6) is -3.09. The summed E-state index contributed by atoms with van der Waals surface area (Å²) >= 11 is 0. The Hall–Kier alpha value is -1.40. The van der Waals surface area contributed by atoms with E-state index in [0.29, 0.717) is 12.2 Å². The van der Waals surface area contributed by atoms with Gasteiger partial charge in [-0.1, -0.05) is 55.4 Å². The van der Waals surface area contributed by atoms with Gasteiger partial charge in [0.1, 0.15) is 0 Å². The number of hydrogen-bond acceptors (Lipinski definition) is 4. The molecule has 0 amide bonds. The summed E-state index contributed by atoms with van der Waals surface area (Å²) in [5, 5.41) is 18.8. The second-order valence-electron chi connectivity index (χ2n) is 9.44. The number of carbonyl (C=O) groups is 2. The van der Waals surface area contributed by atoms with Crippen molar-refractivity contribution in [2.75, 3.05) is 52.4 Å². The molecule has 0 heterocycles. The predicted octanol–water partition coefficient (Wildman–Crippen LogP) is 3.93. The third-order valence-corrected chi connectivity index (χ3v) is 5.94. The van der Waals surface area contributed by atoms with Crippen LogP contribution in [0.1, 0.15) is 107 Å². The smallest absolute Gasteiger partial charge is 0.0783 e. The number of carbonyl (C=O) groups excluding carboxylic acids is 2. The van der Waals surface area contributed by atoms with Gasteiger partial charge in [-0.3, -0.25) is 0 Å². The van der Waals surface area contributed by atoms with Gasteiger partial charge in [-0.15, -0.1) is 0 Å². The topological polar surface area (TPSA) is 80.3 Å². The molecule has 0 radical (unpaired) electrons. The van der Waals surface area contributed by atoms with Gasteiger partial charge in [0.15, 0.2) is 0 Å². The quantitative estimate of drug-likeness (QED) is 0.217. The van der Waals surface area contributed by atoms with Gasteiger partial charge in [-0.2, -0.15) is 0 Å². The lowest BCUT2D eigenvalue weighted by Crippen LogP contribution is -2.50. The van der Waals surface area contributed by atoms with Gasteiger partial charge in [-0.25, -0.2) is 0 Å². The first-order valence-electron chi connectivity index (χ1n) is 13.9. The molecule has 0 aromatic rings. The van der Waals surface area contributed by atoms with Gasteiger partial charge < -0.3 is 28.8 Å². The molecule has 0 rings (SSSR count). The number of carboxylic acid groups (broad SMARTS) is 2. The number of nitrogens with zero attached hydrogens (tertiary/aromatic N) is 2. The molecule has 34 heavy (non-hydrogen) atoms. The van der Waals surface area contributed by atoms with E-state index in [1.165, 1.54) is 113 Å². The van der Waals surface area contributed by atoms with E-state index < -0.39 is 11.9 Å². The molecule has 0 aliphatic rings. The van der Waals surface area contributed by atoms with Crippen LogP contribution in [0.4, 0.5) is 0 Å². The highest BCUT2D eigenvalue weighted by atomic mass is 16.4. The second kappa shape index (κ2) is 24.7. The molecule has 0 aromatic heterocycles. The molecule has 6 nitrogen and oxygen atoms in total. The Bertz CT molecular complexity index is 404. The van der Waals surface area contributed by atoms with E-state index in [0.717, 1.165) is 0 Å². The molecule has 0 spiro atoms. The van der Waals surface area contributed by atoms with Gasteiger partial charge in [0.25, 0.3) is 0 Å². The zero-order valence-corrected chi connectivity index (χ0v) is 24.0. The van der Waals surface area contributed by atoms with E-state index in [9.17, 15) is 19.8 Å². The normalized spacial score (nSPS) is 11.4. The van der Waals surface area contributed by atoms with Gasteiger partial charge in [0.2, 0.25) is 0 Å². The fourth-order valence-electron chi connectivity index (χ4n) is 5.27. The fraction of sp³-hybridized carbons (Fsp3) is 0.857. The third kappa shape index (κ3) is 21.2. The highest BCUT2D eigenvalue weighted by molar-refractivity contribution is 5.87. The summed E-state index contributed by atoms with van der Waals surface area (Å²) in [5.41, 5.74) is 0. The summed E-state index contributed by atoms with van der Waals surface area (Å²) in [4.78, 5) is 18.8. The van der Waals surface area contributed by atoms with Crippen molar-refractivity contribution in [2.45, 2.75) is 107 Å². The van der Waals surface area contributed by atoms with Crippen LogP contribution < -0.4 is 10.2 Å². The summed E-state index contributed by atoms with van der Waals surface area (Å²) in [6.45, 7) is 29.6. The molecule has 0 aromatic carbocycles. The maximum absolute atomic E-state index is 9.41. The first-order valence-corrected chi connectivity index (χ1v) is 13.9. The standard InChI is InChI=1S/2C12H28N.C4H4O4/c2*1-5-9-13(10-6-2,11-7-3)12-8-4;5-3(6)1-2-4(7)8/h2*5-12H2,1-4H3;1-2H,(H,5,6)(H,7,8)/q2*+1;/p-2/b;;2-1-. The summed E-state index contributed by atoms with van der Waals surface area (Å²) < 4.78 is 2.75. The molecule has 0 aliphatic carbocycles. The van der Waals surface area contributed by atoms with E-state index in [-0.39, 0.29) is 0 Å². The summed E-state index contributed by atoms with van der Waals surface area (Å²) in [7, 11) is 0. The van der Waals surface area contributed by atoms with Crippen LogP contribution in [0, 0.1) is 0 Å². The minimum Gasteiger partial charge on any atom is -0.545 e. The molecule has 0 aliphatic heterocycles. The van der Waals surface area contributed by atoms with Crippen LogP contribution in [0.25, 0.3) is 0 Å². The lowest BCUT2D eigenvalue weighted by atomic mass is 10.2. The molecule has 6 heteroatoms. The number of carboxylic acids is 2. The maximum atomic E-state index is 9.41. The van der Waals surface area contributed by atoms with Crippen molar-refractivity contribution in [3.8, 4) is 0 Å². The SMILES string of the molecule is CCC[N+](CCC)(CCC)CCC.CCC[N+](CCC)(CCC)CCC.O=C([O-])/C=C\C(=O)[O-]. The Labute approximate surface area is 212 Å². The molecule has 0 fully saturated rings. The number of hydrogen-bond donors (Lipinski definition) is 0. The number of quaternary nitrogens is 2. The molecule has 0 atom stereocenters. The van der Waals surface area contributed by atoms with E-state index in [4.69, 9.17) is 0 Å². The Morgan fingerprint density at radius 2 is 0.588 bits per heavy atom. The number of aliphatic carboxylic acids is 2. The molecule has 0 saturated carbocycles. The monoisotopic (exact) mass is 486 g/mol. The Morgan fingerprint density at radius 3 is 0.676 bits per heavy atom. The molecular weight excluding hydrogens is 428 g/mol. The van der Waals surface area contributed by atoms with Gasteiger partial charge in [0, 0.05) is 0 Å². The van der Waals surface area contributed by atoms with Crippen LogP contribution in [-0.4, -0.2) is 73.3 Å². The second-order valence-corrected chi connectivity index (χ2v) is 9.44. The Kier molecular flexibility index (Phi) is 27.0.